The highest BCUT2D eigenvalue weighted by atomic mass is 15.1. The van der Waals surface area contributed by atoms with Gasteiger partial charge in [-0.3, -0.25) is 0 Å². The van der Waals surface area contributed by atoms with Crippen molar-refractivity contribution >= 4 is 0 Å². The summed E-state index contributed by atoms with van der Waals surface area (Å²) in [4.78, 5) is 2.42. The summed E-state index contributed by atoms with van der Waals surface area (Å²) in [6.45, 7) is 38.6. The summed E-state index contributed by atoms with van der Waals surface area (Å²) in [5.41, 5.74) is 0.625. The van der Waals surface area contributed by atoms with Gasteiger partial charge in [0.1, 0.15) is 0 Å². The molecule has 0 unspecified atom stereocenters. The highest BCUT2D eigenvalue weighted by molar-refractivity contribution is 4.77. The van der Waals surface area contributed by atoms with Crippen LogP contribution in [0.25, 0.3) is 0 Å². The molecule has 0 bridgehead atoms. The maximum atomic E-state index is 2.42. The zero-order valence-corrected chi connectivity index (χ0v) is 25.5. The third-order valence-electron chi connectivity index (χ3n) is 7.69. The first-order valence-electron chi connectivity index (χ1n) is 14.1. The van der Waals surface area contributed by atoms with E-state index in [1.54, 1.807) is 0 Å². The van der Waals surface area contributed by atoms with Crippen LogP contribution in [-0.2, 0) is 0 Å². The van der Waals surface area contributed by atoms with Crippen molar-refractivity contribution in [2.75, 3.05) is 13.1 Å². The molecule has 0 aromatic carbocycles. The molecule has 31 heavy (non-hydrogen) atoms. The van der Waals surface area contributed by atoms with Gasteiger partial charge in [0.05, 0.1) is 0 Å². The predicted octanol–water partition coefficient (Wildman–Crippen LogP) is 10.7. The monoisotopic (exact) mass is 444 g/mol. The Labute approximate surface area is 202 Å². The van der Waals surface area contributed by atoms with Gasteiger partial charge in [0.2, 0.25) is 0 Å². The molecule has 0 spiro atoms. The van der Waals surface area contributed by atoms with Crippen molar-refractivity contribution in [1.82, 2.24) is 4.90 Å². The summed E-state index contributed by atoms with van der Waals surface area (Å²) in [7, 11) is 0. The molecular weight excluding hydrogens is 374 g/mol. The molecule has 0 amide bonds. The zero-order valence-electron chi connectivity index (χ0n) is 25.5. The molecular formula is C30H69N. The molecule has 0 radical (unpaired) electrons. The summed E-state index contributed by atoms with van der Waals surface area (Å²) >= 11 is 0. The fraction of sp³-hybridized carbons (Fsp3) is 1.00. The Morgan fingerprint density at radius 1 is 0.548 bits per heavy atom. The van der Waals surface area contributed by atoms with E-state index in [1.165, 1.54) is 51.6 Å². The average molecular weight is 444 g/mol. The van der Waals surface area contributed by atoms with Crippen LogP contribution in [0.4, 0.5) is 0 Å². The van der Waals surface area contributed by atoms with E-state index >= 15 is 0 Å². The molecule has 0 saturated heterocycles. The molecule has 0 aliphatic carbocycles. The van der Waals surface area contributed by atoms with E-state index in [4.69, 9.17) is 0 Å². The lowest BCUT2D eigenvalue weighted by Gasteiger charge is -2.34. The van der Waals surface area contributed by atoms with E-state index in [2.05, 4.69) is 116 Å². The first kappa shape index (κ1) is 38.2. The van der Waals surface area contributed by atoms with Gasteiger partial charge in [-0.05, 0) is 56.0 Å². The summed E-state index contributed by atoms with van der Waals surface area (Å²) in [6.07, 6.45) is 7.98. The van der Waals surface area contributed by atoms with Crippen LogP contribution in [0.15, 0.2) is 0 Å². The fourth-order valence-corrected chi connectivity index (χ4v) is 4.16. The van der Waals surface area contributed by atoms with Gasteiger partial charge >= 0.3 is 0 Å². The van der Waals surface area contributed by atoms with Crippen molar-refractivity contribution < 1.29 is 0 Å². The third-order valence-corrected chi connectivity index (χ3v) is 7.69. The second kappa shape index (κ2) is 24.6. The van der Waals surface area contributed by atoms with Gasteiger partial charge in [0, 0.05) is 6.04 Å². The Balaban J connectivity index is -0.000000161. The number of hydrogen-bond acceptors (Lipinski definition) is 1. The van der Waals surface area contributed by atoms with Crippen LogP contribution in [0.1, 0.15) is 149 Å². The molecule has 0 aromatic rings. The predicted molar refractivity (Wildman–Crippen MR) is 150 cm³/mol. The smallest absolute Gasteiger partial charge is 0.00383 e. The highest BCUT2D eigenvalue weighted by Crippen LogP contribution is 2.37. The quantitative estimate of drug-likeness (QED) is 0.307. The molecule has 0 N–H and O–H groups in total. The first-order valence-corrected chi connectivity index (χ1v) is 14.1. The van der Waals surface area contributed by atoms with Crippen LogP contribution in [0, 0.1) is 29.1 Å². The highest BCUT2D eigenvalue weighted by Gasteiger charge is 2.27. The maximum absolute atomic E-state index is 2.42. The number of rotatable bonds is 11. The Morgan fingerprint density at radius 2 is 0.871 bits per heavy atom. The van der Waals surface area contributed by atoms with Crippen molar-refractivity contribution in [3.63, 3.8) is 0 Å². The standard InChI is InChI=1S/C10H22.C8H18.C7H17N.C5H12/c1-6-10(7-2,8-3)9(4)5;2*1-5-8(6-2)7(3)4;1-4-5(2)3/h9H,6-8H2,1-5H3;7-8H,5-6H2,1-4H3;7H,5-6H2,1-4H3;5H,4H2,1-3H3. The average Bonchev–Trinajstić information content (AvgIpc) is 2.72. The Hall–Kier alpha value is -0.0400. The number of nitrogens with zero attached hydrogens (tertiary/aromatic N) is 1. The van der Waals surface area contributed by atoms with Gasteiger partial charge in [-0.1, -0.05) is 135 Å². The summed E-state index contributed by atoms with van der Waals surface area (Å²) in [5, 5.41) is 0. The Bertz CT molecular complexity index is 280. The van der Waals surface area contributed by atoms with E-state index in [1.807, 2.05) is 0 Å². The minimum absolute atomic E-state index is 0.625. The second-order valence-corrected chi connectivity index (χ2v) is 10.5. The van der Waals surface area contributed by atoms with Gasteiger partial charge < -0.3 is 4.90 Å². The molecule has 0 aliphatic rings. The van der Waals surface area contributed by atoms with Crippen LogP contribution >= 0.6 is 0 Å². The Morgan fingerprint density at radius 3 is 0.871 bits per heavy atom. The molecule has 1 heteroatoms. The van der Waals surface area contributed by atoms with Gasteiger partial charge in [0.25, 0.3) is 0 Å². The minimum atomic E-state index is 0.625. The van der Waals surface area contributed by atoms with Crippen LogP contribution < -0.4 is 0 Å². The van der Waals surface area contributed by atoms with E-state index in [-0.39, 0.29) is 0 Å². The van der Waals surface area contributed by atoms with Gasteiger partial charge in [-0.25, -0.2) is 0 Å². The van der Waals surface area contributed by atoms with E-state index in [9.17, 15) is 0 Å². The number of hydrogen-bond donors (Lipinski definition) is 0. The van der Waals surface area contributed by atoms with Gasteiger partial charge in [-0.2, -0.15) is 0 Å². The van der Waals surface area contributed by atoms with Crippen LogP contribution in [0.3, 0.4) is 0 Å². The van der Waals surface area contributed by atoms with Crippen molar-refractivity contribution in [3.05, 3.63) is 0 Å². The van der Waals surface area contributed by atoms with E-state index in [0.717, 1.165) is 23.7 Å². The van der Waals surface area contributed by atoms with Crippen molar-refractivity contribution in [2.24, 2.45) is 29.1 Å². The van der Waals surface area contributed by atoms with Crippen molar-refractivity contribution in [3.8, 4) is 0 Å². The van der Waals surface area contributed by atoms with E-state index < -0.39 is 0 Å². The van der Waals surface area contributed by atoms with Crippen LogP contribution in [0.5, 0.6) is 0 Å². The molecule has 194 valence electrons. The van der Waals surface area contributed by atoms with Gasteiger partial charge in [0.15, 0.2) is 0 Å². The van der Waals surface area contributed by atoms with Crippen molar-refractivity contribution in [2.45, 2.75) is 155 Å². The SMILES string of the molecule is CCC(C)C.CCC(CC)(CC)C(C)C.CCC(CC)C(C)C.CCN(CC)C(C)C. The van der Waals surface area contributed by atoms with Gasteiger partial charge in [-0.15, -0.1) is 0 Å². The molecule has 0 rings (SSSR count). The molecule has 0 atom stereocenters. The zero-order chi connectivity index (χ0) is 25.6. The minimum Gasteiger partial charge on any atom is -0.301 e. The molecule has 0 aromatic heterocycles. The summed E-state index contributed by atoms with van der Waals surface area (Å²) < 4.78 is 0. The van der Waals surface area contributed by atoms with E-state index in [0.29, 0.717) is 11.5 Å². The Kier molecular flexibility index (Phi) is 30.3. The molecule has 0 saturated carbocycles. The molecule has 0 fully saturated rings. The largest absolute Gasteiger partial charge is 0.301 e. The third kappa shape index (κ3) is 21.6. The molecule has 1 nitrogen and oxygen atoms in total. The lowest BCUT2D eigenvalue weighted by molar-refractivity contribution is 0.162. The fourth-order valence-electron chi connectivity index (χ4n) is 4.16. The molecule has 0 aliphatic heterocycles. The molecule has 0 heterocycles. The van der Waals surface area contributed by atoms with Crippen LogP contribution in [0.2, 0.25) is 0 Å². The lowest BCUT2D eigenvalue weighted by atomic mass is 9.71. The maximum Gasteiger partial charge on any atom is 0.00383 e. The topological polar surface area (TPSA) is 3.24 Å². The normalized spacial score (nSPS) is 11.4. The van der Waals surface area contributed by atoms with Crippen molar-refractivity contribution in [1.29, 1.82) is 0 Å². The summed E-state index contributed by atoms with van der Waals surface area (Å²) in [5.74, 6) is 3.56. The van der Waals surface area contributed by atoms with Crippen LogP contribution in [-0.4, -0.2) is 24.0 Å². The first-order chi connectivity index (χ1) is 14.3. The summed E-state index contributed by atoms with van der Waals surface area (Å²) in [6, 6.07) is 0.713. The second-order valence-electron chi connectivity index (χ2n) is 10.5. The lowest BCUT2D eigenvalue weighted by Crippen LogP contribution is -2.29.